The molecule has 0 fully saturated rings. The molecule has 1 aromatic carbocycles. The first kappa shape index (κ1) is 10.3. The molecule has 1 nitrogen and oxygen atoms in total. The topological polar surface area (TPSA) is 26.0 Å². The molecule has 1 rings (SSSR count). The minimum atomic E-state index is 0.584. The number of halogens is 1. The maximum absolute atomic E-state index is 5.32. The van der Waals surface area contributed by atoms with Gasteiger partial charge in [-0.1, -0.05) is 0 Å². The Hall–Kier alpha value is 0.283. The van der Waals surface area contributed by atoms with Crippen LogP contribution in [-0.2, 0) is 22.9 Å². The first-order valence-electron chi connectivity index (χ1n) is 2.86. The zero-order valence-electron chi connectivity index (χ0n) is 5.68. The summed E-state index contributed by atoms with van der Waals surface area (Å²) in [5.74, 6) is 0. The van der Waals surface area contributed by atoms with E-state index in [-0.39, 0.29) is 0 Å². The van der Waals surface area contributed by atoms with Crippen LogP contribution in [0.25, 0.3) is 0 Å². The minimum absolute atomic E-state index is 0.584. The van der Waals surface area contributed by atoms with Crippen molar-refractivity contribution in [1.29, 1.82) is 0 Å². The van der Waals surface area contributed by atoms with Gasteiger partial charge in [-0.15, -0.1) is 5.56 Å². The van der Waals surface area contributed by atoms with E-state index in [0.29, 0.717) is 6.54 Å². The average Bonchev–Trinajstić information content (AvgIpc) is 2.10. The Morgan fingerprint density at radius 3 is 2.50 bits per heavy atom. The van der Waals surface area contributed by atoms with Gasteiger partial charge in [-0.05, 0) is 6.54 Å². The van der Waals surface area contributed by atoms with Gasteiger partial charge in [-0.2, -0.15) is 30.3 Å². The molecule has 0 heterocycles. The normalized spacial score (nSPS) is 8.00. The second kappa shape index (κ2) is 7.39. The molecule has 0 radical (unpaired) electrons. The number of hydrogen-bond acceptors (Lipinski definition) is 1. The number of nitrogens with two attached hydrogens (primary N) is 1. The summed E-state index contributed by atoms with van der Waals surface area (Å²) in [6.45, 7) is 0.584. The van der Waals surface area contributed by atoms with Crippen LogP contribution in [0.5, 0.6) is 0 Å². The van der Waals surface area contributed by atoms with Crippen molar-refractivity contribution >= 4 is 13.6 Å². The summed E-state index contributed by atoms with van der Waals surface area (Å²) in [5, 5.41) is 0. The van der Waals surface area contributed by atoms with Crippen molar-refractivity contribution in [2.24, 2.45) is 5.73 Å². The molecule has 0 bridgehead atoms. The van der Waals surface area contributed by atoms with Gasteiger partial charge in [0.25, 0.3) is 0 Å². The molecule has 0 aliphatic heterocycles. The van der Waals surface area contributed by atoms with Crippen LogP contribution in [0, 0.1) is 6.07 Å². The molecule has 10 heavy (non-hydrogen) atoms. The summed E-state index contributed by atoms with van der Waals surface area (Å²) < 4.78 is 0. The molecule has 0 aliphatic carbocycles. The monoisotopic (exact) mass is 249 g/mol. The van der Waals surface area contributed by atoms with Crippen molar-refractivity contribution in [2.45, 2.75) is 6.54 Å². The molecule has 1 aromatic rings. The van der Waals surface area contributed by atoms with Crippen LogP contribution in [0.1, 0.15) is 5.56 Å². The standard InChI is InChI=1S/C7H8N.BrH.Zn/c8-6-7-4-2-1-3-5-7;;/h1-4H,6,8H2;1H;/q-1;;+2/p-1. The van der Waals surface area contributed by atoms with Crippen molar-refractivity contribution in [1.82, 2.24) is 0 Å². The van der Waals surface area contributed by atoms with Crippen LogP contribution in [0.3, 0.4) is 0 Å². The molecule has 3 heteroatoms. The third-order valence-corrected chi connectivity index (χ3v) is 0.993. The molecular weight excluding hydrogens is 243 g/mol. The Balaban J connectivity index is 0.000000371. The Kier molecular flexibility index (Phi) is 7.60. The van der Waals surface area contributed by atoms with Gasteiger partial charge in [0.15, 0.2) is 0 Å². The Labute approximate surface area is 78.0 Å². The van der Waals surface area contributed by atoms with E-state index in [1.54, 1.807) is 0 Å². The van der Waals surface area contributed by atoms with Crippen LogP contribution in [-0.4, -0.2) is 0 Å². The SMILES string of the molecule is NCc1[c-]cccc1.[Zn+][Br]. The molecule has 0 saturated carbocycles. The Morgan fingerprint density at radius 2 is 2.20 bits per heavy atom. The predicted molar refractivity (Wildman–Crippen MR) is 42.1 cm³/mol. The second-order valence-electron chi connectivity index (χ2n) is 1.59. The predicted octanol–water partition coefficient (Wildman–Crippen LogP) is 1.79. The zero-order chi connectivity index (χ0) is 7.82. The van der Waals surface area contributed by atoms with Crippen molar-refractivity contribution in [3.8, 4) is 0 Å². The quantitative estimate of drug-likeness (QED) is 0.598. The molecule has 0 saturated heterocycles. The van der Waals surface area contributed by atoms with Crippen molar-refractivity contribution < 1.29 is 16.3 Å². The fourth-order valence-corrected chi connectivity index (χ4v) is 0.557. The van der Waals surface area contributed by atoms with E-state index in [2.05, 4.69) is 19.7 Å². The average molecular weight is 251 g/mol. The fourth-order valence-electron chi connectivity index (χ4n) is 0.557. The molecule has 0 aromatic heterocycles. The van der Waals surface area contributed by atoms with Crippen LogP contribution < -0.4 is 5.73 Å². The molecular formula is C7H8BrNZn. The van der Waals surface area contributed by atoms with E-state index in [9.17, 15) is 0 Å². The van der Waals surface area contributed by atoms with Gasteiger partial charge in [0.05, 0.1) is 0 Å². The molecule has 0 aliphatic rings. The van der Waals surface area contributed by atoms with Crippen LogP contribution in [0.4, 0.5) is 0 Å². The van der Waals surface area contributed by atoms with Gasteiger partial charge in [-0.3, -0.25) is 0 Å². The van der Waals surface area contributed by atoms with Gasteiger partial charge in [0, 0.05) is 0 Å². The van der Waals surface area contributed by atoms with E-state index >= 15 is 0 Å². The van der Waals surface area contributed by atoms with Gasteiger partial charge >= 0.3 is 30.0 Å². The fraction of sp³-hybridized carbons (Fsp3) is 0.143. The summed E-state index contributed by atoms with van der Waals surface area (Å²) in [7, 11) is 0. The first-order valence-corrected chi connectivity index (χ1v) is 9.81. The summed E-state index contributed by atoms with van der Waals surface area (Å²) in [6, 6.07) is 10.7. The van der Waals surface area contributed by atoms with E-state index in [1.807, 2.05) is 24.3 Å². The third kappa shape index (κ3) is 4.16. The second-order valence-corrected chi connectivity index (χ2v) is 1.59. The molecule has 0 unspecified atom stereocenters. The molecule has 0 amide bonds. The van der Waals surface area contributed by atoms with Crippen molar-refractivity contribution in [3.05, 3.63) is 35.9 Å². The Morgan fingerprint density at radius 1 is 1.50 bits per heavy atom. The van der Waals surface area contributed by atoms with Crippen LogP contribution in [0.15, 0.2) is 24.3 Å². The number of hydrogen-bond donors (Lipinski definition) is 1. The molecule has 0 atom stereocenters. The van der Waals surface area contributed by atoms with Gasteiger partial charge in [0.1, 0.15) is 0 Å². The molecule has 0 spiro atoms. The first-order chi connectivity index (χ1) is 4.93. The number of rotatable bonds is 1. The summed E-state index contributed by atoms with van der Waals surface area (Å²) in [5.41, 5.74) is 6.38. The maximum atomic E-state index is 5.32. The van der Waals surface area contributed by atoms with E-state index in [1.165, 1.54) is 16.3 Å². The van der Waals surface area contributed by atoms with Crippen molar-refractivity contribution in [3.63, 3.8) is 0 Å². The van der Waals surface area contributed by atoms with Gasteiger partial charge in [-0.25, -0.2) is 0 Å². The summed E-state index contributed by atoms with van der Waals surface area (Å²) >= 11 is 4.25. The zero-order valence-corrected chi connectivity index (χ0v) is 10.2. The number of benzene rings is 1. The molecule has 50 valence electrons. The third-order valence-electron chi connectivity index (χ3n) is 0.993. The van der Waals surface area contributed by atoms with Gasteiger partial charge in [0.2, 0.25) is 0 Å². The summed E-state index contributed by atoms with van der Waals surface area (Å²) in [4.78, 5) is 0. The Bertz CT molecular complexity index is 155. The van der Waals surface area contributed by atoms with Crippen molar-refractivity contribution in [2.75, 3.05) is 0 Å². The van der Waals surface area contributed by atoms with Gasteiger partial charge < -0.3 is 5.73 Å². The van der Waals surface area contributed by atoms with E-state index in [4.69, 9.17) is 5.73 Å². The molecule has 2 N–H and O–H groups in total. The van der Waals surface area contributed by atoms with E-state index < -0.39 is 0 Å². The summed E-state index contributed by atoms with van der Waals surface area (Å²) in [6.07, 6.45) is 0. The van der Waals surface area contributed by atoms with Crippen LogP contribution >= 0.6 is 13.6 Å². The van der Waals surface area contributed by atoms with E-state index in [0.717, 1.165) is 5.56 Å². The van der Waals surface area contributed by atoms with Crippen LogP contribution in [0.2, 0.25) is 0 Å².